The Morgan fingerprint density at radius 1 is 1.31 bits per heavy atom. The monoisotopic (exact) mass is 231 g/mol. The van der Waals surface area contributed by atoms with Crippen molar-refractivity contribution in [1.82, 2.24) is 15.0 Å². The second-order valence-corrected chi connectivity index (χ2v) is 4.46. The normalized spacial score (nSPS) is 11.1. The molecule has 4 nitrogen and oxygen atoms in total. The summed E-state index contributed by atoms with van der Waals surface area (Å²) in [5.74, 6) is 0.894. The molecule has 0 fully saturated rings. The molecule has 0 aliphatic carbocycles. The van der Waals surface area contributed by atoms with E-state index in [9.17, 15) is 4.79 Å². The van der Waals surface area contributed by atoms with Crippen molar-refractivity contribution >= 4 is 22.4 Å². The van der Waals surface area contributed by atoms with Crippen LogP contribution >= 0.6 is 11.3 Å². The van der Waals surface area contributed by atoms with Crippen molar-refractivity contribution in [3.63, 3.8) is 0 Å². The summed E-state index contributed by atoms with van der Waals surface area (Å²) in [6, 6.07) is 5.90. The average Bonchev–Trinajstić information content (AvgIpc) is 2.81. The van der Waals surface area contributed by atoms with E-state index >= 15 is 0 Å². The molecule has 0 aliphatic heterocycles. The van der Waals surface area contributed by atoms with Crippen molar-refractivity contribution in [3.8, 4) is 11.3 Å². The lowest BCUT2D eigenvalue weighted by atomic mass is 10.1. The fourth-order valence-electron chi connectivity index (χ4n) is 1.73. The summed E-state index contributed by atoms with van der Waals surface area (Å²) >= 11 is 1.17. The molecule has 3 rings (SSSR count). The van der Waals surface area contributed by atoms with Gasteiger partial charge in [-0.25, -0.2) is 4.98 Å². The van der Waals surface area contributed by atoms with Gasteiger partial charge in [0.05, 0.1) is 16.7 Å². The molecular formula is C11H9N3OS. The van der Waals surface area contributed by atoms with Crippen LogP contribution in [0.25, 0.3) is 22.3 Å². The predicted octanol–water partition coefficient (Wildman–Crippen LogP) is 2.29. The van der Waals surface area contributed by atoms with E-state index in [4.69, 9.17) is 0 Å². The van der Waals surface area contributed by atoms with Gasteiger partial charge in [0.15, 0.2) is 0 Å². The molecule has 0 aliphatic rings. The number of fused-ring (bicyclic) bond motifs is 1. The van der Waals surface area contributed by atoms with E-state index in [2.05, 4.69) is 15.0 Å². The largest absolute Gasteiger partial charge is 0.342 e. The topological polar surface area (TPSA) is 61.5 Å². The summed E-state index contributed by atoms with van der Waals surface area (Å²) in [7, 11) is 0. The molecule has 0 spiro atoms. The van der Waals surface area contributed by atoms with Gasteiger partial charge in [-0.05, 0) is 19.1 Å². The third-order valence-corrected chi connectivity index (χ3v) is 3.10. The zero-order valence-electron chi connectivity index (χ0n) is 8.57. The lowest BCUT2D eigenvalue weighted by Gasteiger charge is -1.96. The summed E-state index contributed by atoms with van der Waals surface area (Å²) in [6.07, 6.45) is 0. The number of aromatic nitrogens is 3. The Kier molecular flexibility index (Phi) is 1.94. The molecule has 0 atom stereocenters. The zero-order valence-corrected chi connectivity index (χ0v) is 9.39. The van der Waals surface area contributed by atoms with E-state index in [1.807, 2.05) is 30.5 Å². The maximum absolute atomic E-state index is 11.1. The minimum Gasteiger partial charge on any atom is -0.342 e. The summed E-state index contributed by atoms with van der Waals surface area (Å²) < 4.78 is 0. The Labute approximate surface area is 95.0 Å². The van der Waals surface area contributed by atoms with Crippen LogP contribution in [0, 0.1) is 6.92 Å². The number of benzene rings is 1. The first-order chi connectivity index (χ1) is 7.72. The number of nitrogens with one attached hydrogen (secondary N) is 2. The SMILES string of the molecule is Cc1nc2ccc(-c3csc(=O)[nH]3)cc2[nH]1. The molecule has 0 saturated carbocycles. The first-order valence-electron chi connectivity index (χ1n) is 4.87. The van der Waals surface area contributed by atoms with E-state index in [1.54, 1.807) is 0 Å². The molecule has 80 valence electrons. The summed E-state index contributed by atoms with van der Waals surface area (Å²) in [4.78, 5) is 21.3. The van der Waals surface area contributed by atoms with Gasteiger partial charge in [-0.15, -0.1) is 0 Å². The van der Waals surface area contributed by atoms with Crippen molar-refractivity contribution in [2.45, 2.75) is 6.92 Å². The van der Waals surface area contributed by atoms with Crippen LogP contribution < -0.4 is 4.87 Å². The zero-order chi connectivity index (χ0) is 11.1. The van der Waals surface area contributed by atoms with Crippen LogP contribution in [0.2, 0.25) is 0 Å². The summed E-state index contributed by atoms with van der Waals surface area (Å²) in [5.41, 5.74) is 3.78. The van der Waals surface area contributed by atoms with Crippen LogP contribution in [0.3, 0.4) is 0 Å². The first-order valence-corrected chi connectivity index (χ1v) is 5.75. The predicted molar refractivity (Wildman–Crippen MR) is 64.8 cm³/mol. The number of thiazole rings is 1. The van der Waals surface area contributed by atoms with Crippen LogP contribution in [-0.4, -0.2) is 15.0 Å². The molecule has 0 amide bonds. The standard InChI is InChI=1S/C11H9N3OS/c1-6-12-8-3-2-7(4-9(8)13-6)10-5-16-11(15)14-10/h2-5H,1H3,(H,12,13)(H,14,15). The third kappa shape index (κ3) is 1.45. The van der Waals surface area contributed by atoms with Crippen molar-refractivity contribution in [2.24, 2.45) is 0 Å². The van der Waals surface area contributed by atoms with Gasteiger partial charge in [0, 0.05) is 10.9 Å². The highest BCUT2D eigenvalue weighted by Crippen LogP contribution is 2.21. The fraction of sp³-hybridized carbons (Fsp3) is 0.0909. The van der Waals surface area contributed by atoms with Gasteiger partial charge >= 0.3 is 4.87 Å². The summed E-state index contributed by atoms with van der Waals surface area (Å²) in [6.45, 7) is 1.92. The van der Waals surface area contributed by atoms with E-state index in [-0.39, 0.29) is 4.87 Å². The number of imidazole rings is 1. The van der Waals surface area contributed by atoms with Crippen molar-refractivity contribution in [2.75, 3.05) is 0 Å². The highest BCUT2D eigenvalue weighted by atomic mass is 32.1. The Hall–Kier alpha value is -1.88. The van der Waals surface area contributed by atoms with Gasteiger partial charge in [0.2, 0.25) is 0 Å². The van der Waals surface area contributed by atoms with Gasteiger partial charge in [-0.1, -0.05) is 17.4 Å². The molecule has 2 N–H and O–H groups in total. The minimum atomic E-state index is -0.0316. The van der Waals surface area contributed by atoms with Crippen molar-refractivity contribution in [1.29, 1.82) is 0 Å². The van der Waals surface area contributed by atoms with Crippen molar-refractivity contribution < 1.29 is 0 Å². The molecule has 16 heavy (non-hydrogen) atoms. The molecule has 3 aromatic rings. The Bertz CT molecular complexity index is 707. The average molecular weight is 231 g/mol. The molecule has 0 bridgehead atoms. The fourth-order valence-corrected chi connectivity index (χ4v) is 2.32. The lowest BCUT2D eigenvalue weighted by molar-refractivity contribution is 1.17. The lowest BCUT2D eigenvalue weighted by Crippen LogP contribution is -1.92. The molecule has 0 radical (unpaired) electrons. The number of nitrogens with zero attached hydrogens (tertiary/aromatic N) is 1. The van der Waals surface area contributed by atoms with Crippen LogP contribution in [0.15, 0.2) is 28.4 Å². The van der Waals surface area contributed by atoms with Crippen LogP contribution in [0.4, 0.5) is 0 Å². The summed E-state index contributed by atoms with van der Waals surface area (Å²) in [5, 5.41) is 1.83. The van der Waals surface area contributed by atoms with Gasteiger partial charge in [0.1, 0.15) is 5.82 Å². The maximum atomic E-state index is 11.1. The van der Waals surface area contributed by atoms with E-state index in [0.29, 0.717) is 0 Å². The first kappa shape index (κ1) is 9.35. The van der Waals surface area contributed by atoms with Gasteiger partial charge in [-0.2, -0.15) is 0 Å². The second-order valence-electron chi connectivity index (χ2n) is 3.62. The molecule has 0 saturated heterocycles. The number of H-pyrrole nitrogens is 2. The minimum absolute atomic E-state index is 0.0316. The number of hydrogen-bond donors (Lipinski definition) is 2. The molecule has 5 heteroatoms. The Balaban J connectivity index is 2.21. The number of aryl methyl sites for hydroxylation is 1. The van der Waals surface area contributed by atoms with E-state index < -0.39 is 0 Å². The highest BCUT2D eigenvalue weighted by Gasteiger charge is 2.04. The molecule has 1 aromatic carbocycles. The van der Waals surface area contributed by atoms with Crippen LogP contribution in [0.1, 0.15) is 5.82 Å². The Morgan fingerprint density at radius 3 is 2.94 bits per heavy atom. The molecular weight excluding hydrogens is 222 g/mol. The van der Waals surface area contributed by atoms with E-state index in [1.165, 1.54) is 11.3 Å². The molecule has 0 unspecified atom stereocenters. The van der Waals surface area contributed by atoms with Crippen LogP contribution in [-0.2, 0) is 0 Å². The molecule has 2 aromatic heterocycles. The second kappa shape index (κ2) is 3.31. The number of hydrogen-bond acceptors (Lipinski definition) is 3. The number of aromatic amines is 2. The smallest absolute Gasteiger partial charge is 0.304 e. The van der Waals surface area contributed by atoms with Crippen LogP contribution in [0.5, 0.6) is 0 Å². The Morgan fingerprint density at radius 2 is 2.19 bits per heavy atom. The highest BCUT2D eigenvalue weighted by molar-refractivity contribution is 7.07. The maximum Gasteiger partial charge on any atom is 0.304 e. The van der Waals surface area contributed by atoms with Gasteiger partial charge < -0.3 is 9.97 Å². The quantitative estimate of drug-likeness (QED) is 0.675. The van der Waals surface area contributed by atoms with Crippen molar-refractivity contribution in [3.05, 3.63) is 39.1 Å². The molecule has 2 heterocycles. The number of rotatable bonds is 1. The van der Waals surface area contributed by atoms with Gasteiger partial charge in [-0.3, -0.25) is 4.79 Å². The third-order valence-electron chi connectivity index (χ3n) is 2.43. The van der Waals surface area contributed by atoms with E-state index in [0.717, 1.165) is 28.1 Å². The van der Waals surface area contributed by atoms with Gasteiger partial charge in [0.25, 0.3) is 0 Å².